The highest BCUT2D eigenvalue weighted by atomic mass is 35.5. The molecule has 78 valence electrons. The van der Waals surface area contributed by atoms with Crippen LogP contribution in [0.4, 0.5) is 0 Å². The van der Waals surface area contributed by atoms with Gasteiger partial charge in [0.25, 0.3) is 0 Å². The summed E-state index contributed by atoms with van der Waals surface area (Å²) in [6, 6.07) is 6.04. The largest absolute Gasteiger partial charge is 0.248 e. The molecule has 0 saturated heterocycles. The lowest BCUT2D eigenvalue weighted by Gasteiger charge is -2.09. The molecule has 4 heteroatoms. The van der Waals surface area contributed by atoms with Crippen LogP contribution in [0.2, 0.25) is 5.02 Å². The second-order valence-electron chi connectivity index (χ2n) is 3.94. The smallest absolute Gasteiger partial charge is 0.0961 e. The van der Waals surface area contributed by atoms with Crippen molar-refractivity contribution in [3.05, 3.63) is 23.4 Å². The molecule has 0 aromatic carbocycles. The van der Waals surface area contributed by atoms with E-state index < -0.39 is 0 Å². The highest BCUT2D eigenvalue weighted by Crippen LogP contribution is 2.51. The van der Waals surface area contributed by atoms with E-state index in [0.29, 0.717) is 11.4 Å². The highest BCUT2D eigenvalue weighted by molar-refractivity contribution is 7.99. The van der Waals surface area contributed by atoms with Gasteiger partial charge in [0.1, 0.15) is 0 Å². The zero-order valence-corrected chi connectivity index (χ0v) is 9.81. The van der Waals surface area contributed by atoms with E-state index in [-0.39, 0.29) is 5.41 Å². The van der Waals surface area contributed by atoms with Crippen molar-refractivity contribution >= 4 is 23.4 Å². The Hall–Kier alpha value is -0.720. The van der Waals surface area contributed by atoms with Crippen LogP contribution >= 0.6 is 23.4 Å². The molecule has 1 aliphatic rings. The molecule has 0 amide bonds. The van der Waals surface area contributed by atoms with Gasteiger partial charge in [-0.05, 0) is 30.4 Å². The van der Waals surface area contributed by atoms with Crippen molar-refractivity contribution in [1.82, 2.24) is 4.98 Å². The first-order chi connectivity index (χ1) is 7.24. The first-order valence-electron chi connectivity index (χ1n) is 4.85. The molecular weight excluding hydrogens is 228 g/mol. The summed E-state index contributed by atoms with van der Waals surface area (Å²) < 4.78 is 0. The van der Waals surface area contributed by atoms with Crippen LogP contribution in [0, 0.1) is 16.7 Å². The fraction of sp³-hybridized carbons (Fsp3) is 0.455. The van der Waals surface area contributed by atoms with Crippen LogP contribution in [0.1, 0.15) is 19.3 Å². The van der Waals surface area contributed by atoms with E-state index in [1.807, 2.05) is 12.1 Å². The molecule has 0 unspecified atom stereocenters. The summed E-state index contributed by atoms with van der Waals surface area (Å²) in [6.45, 7) is 0. The van der Waals surface area contributed by atoms with Gasteiger partial charge in [-0.2, -0.15) is 5.26 Å². The average Bonchev–Trinajstić information content (AvgIpc) is 2.99. The molecule has 15 heavy (non-hydrogen) atoms. The van der Waals surface area contributed by atoms with Gasteiger partial charge in [-0.3, -0.25) is 0 Å². The predicted molar refractivity (Wildman–Crippen MR) is 61.9 cm³/mol. The average molecular weight is 239 g/mol. The number of hydrogen-bond donors (Lipinski definition) is 0. The summed E-state index contributed by atoms with van der Waals surface area (Å²) in [5.74, 6) is 0.995. The van der Waals surface area contributed by atoms with Crippen molar-refractivity contribution in [2.24, 2.45) is 5.41 Å². The fourth-order valence-electron chi connectivity index (χ4n) is 1.39. The Morgan fingerprint density at radius 1 is 1.53 bits per heavy atom. The third-order valence-corrected chi connectivity index (χ3v) is 4.16. The normalized spacial score (nSPS) is 17.1. The third-order valence-electron chi connectivity index (χ3n) is 2.64. The van der Waals surface area contributed by atoms with E-state index in [0.717, 1.165) is 10.8 Å². The Morgan fingerprint density at radius 3 is 2.87 bits per heavy atom. The summed E-state index contributed by atoms with van der Waals surface area (Å²) in [5.41, 5.74) is 0.279. The van der Waals surface area contributed by atoms with Crippen LogP contribution in [0.3, 0.4) is 0 Å². The van der Waals surface area contributed by atoms with Gasteiger partial charge in [-0.25, -0.2) is 4.98 Å². The molecule has 0 aliphatic heterocycles. The summed E-state index contributed by atoms with van der Waals surface area (Å²) in [6.07, 6.45) is 4.70. The molecule has 2 rings (SSSR count). The number of hydrogen-bond acceptors (Lipinski definition) is 3. The number of pyridine rings is 1. The minimum atomic E-state index is 0.279. The number of nitrogens with zero attached hydrogens (tertiary/aromatic N) is 2. The molecule has 1 heterocycles. The molecule has 1 aromatic heterocycles. The lowest BCUT2D eigenvalue weighted by atomic mass is 10.1. The first-order valence-corrected chi connectivity index (χ1v) is 6.22. The van der Waals surface area contributed by atoms with Crippen LogP contribution in [-0.2, 0) is 0 Å². The van der Waals surface area contributed by atoms with Gasteiger partial charge in [0.15, 0.2) is 0 Å². The first kappa shape index (κ1) is 10.8. The predicted octanol–water partition coefficient (Wildman–Crippen LogP) is 3.52. The van der Waals surface area contributed by atoms with Crippen LogP contribution in [0.15, 0.2) is 23.4 Å². The van der Waals surface area contributed by atoms with Crippen molar-refractivity contribution in [3.63, 3.8) is 0 Å². The monoisotopic (exact) mass is 238 g/mol. The standard InChI is InChI=1S/C11H11ClN2S/c12-9-1-2-10(14-7-9)15-8-11(3-4-11)5-6-13/h1-2,7H,3-5,8H2. The molecule has 1 aliphatic carbocycles. The SMILES string of the molecule is N#CCC1(CSc2ccc(Cl)cn2)CC1. The molecule has 2 nitrogen and oxygen atoms in total. The molecule has 1 aromatic rings. The molecule has 0 radical (unpaired) electrons. The van der Waals surface area contributed by atoms with Gasteiger partial charge in [-0.15, -0.1) is 11.8 Å². The van der Waals surface area contributed by atoms with Gasteiger partial charge in [0, 0.05) is 18.4 Å². The maximum atomic E-state index is 8.68. The van der Waals surface area contributed by atoms with E-state index in [1.54, 1.807) is 18.0 Å². The highest BCUT2D eigenvalue weighted by Gasteiger charge is 2.42. The minimum Gasteiger partial charge on any atom is -0.248 e. The van der Waals surface area contributed by atoms with Crippen molar-refractivity contribution in [2.75, 3.05) is 5.75 Å². The Balaban J connectivity index is 1.88. The molecule has 1 fully saturated rings. The Bertz CT molecular complexity index is 379. The van der Waals surface area contributed by atoms with Gasteiger partial charge in [0.05, 0.1) is 16.1 Å². The number of halogens is 1. The van der Waals surface area contributed by atoms with Crippen molar-refractivity contribution in [1.29, 1.82) is 5.26 Å². The minimum absolute atomic E-state index is 0.279. The lowest BCUT2D eigenvalue weighted by molar-refractivity contribution is 0.604. The van der Waals surface area contributed by atoms with Crippen LogP contribution in [0.25, 0.3) is 0 Å². The molecule has 0 spiro atoms. The quantitative estimate of drug-likeness (QED) is 0.753. The number of rotatable bonds is 4. The number of nitriles is 1. The van der Waals surface area contributed by atoms with Gasteiger partial charge in [0.2, 0.25) is 0 Å². The summed E-state index contributed by atoms with van der Waals surface area (Å²) in [7, 11) is 0. The lowest BCUT2D eigenvalue weighted by Crippen LogP contribution is -2.02. The van der Waals surface area contributed by atoms with Crippen molar-refractivity contribution < 1.29 is 0 Å². The topological polar surface area (TPSA) is 36.7 Å². The van der Waals surface area contributed by atoms with E-state index in [4.69, 9.17) is 16.9 Å². The maximum absolute atomic E-state index is 8.68. The van der Waals surface area contributed by atoms with Crippen LogP contribution < -0.4 is 0 Å². The molecule has 1 saturated carbocycles. The Labute approximate surface area is 98.7 Å². The van der Waals surface area contributed by atoms with Crippen LogP contribution in [-0.4, -0.2) is 10.7 Å². The van der Waals surface area contributed by atoms with Crippen LogP contribution in [0.5, 0.6) is 0 Å². The maximum Gasteiger partial charge on any atom is 0.0961 e. The third kappa shape index (κ3) is 2.87. The molecule has 0 bridgehead atoms. The van der Waals surface area contributed by atoms with Crippen molar-refractivity contribution in [2.45, 2.75) is 24.3 Å². The zero-order chi connectivity index (χ0) is 10.7. The zero-order valence-electron chi connectivity index (χ0n) is 8.24. The van der Waals surface area contributed by atoms with Crippen molar-refractivity contribution in [3.8, 4) is 6.07 Å². The van der Waals surface area contributed by atoms with E-state index in [9.17, 15) is 0 Å². The molecule has 0 N–H and O–H groups in total. The Kier molecular flexibility index (Phi) is 3.18. The van der Waals surface area contributed by atoms with E-state index in [2.05, 4.69) is 11.1 Å². The van der Waals surface area contributed by atoms with E-state index in [1.165, 1.54) is 12.8 Å². The summed E-state index contributed by atoms with van der Waals surface area (Å²) in [4.78, 5) is 4.22. The second kappa shape index (κ2) is 4.42. The van der Waals surface area contributed by atoms with Gasteiger partial charge in [-0.1, -0.05) is 11.6 Å². The summed E-state index contributed by atoms with van der Waals surface area (Å²) in [5, 5.41) is 10.3. The van der Waals surface area contributed by atoms with Gasteiger partial charge >= 0.3 is 0 Å². The number of aromatic nitrogens is 1. The summed E-state index contributed by atoms with van der Waals surface area (Å²) >= 11 is 7.47. The molecule has 0 atom stereocenters. The molecular formula is C11H11ClN2S. The fourth-order valence-corrected chi connectivity index (χ4v) is 2.64. The Morgan fingerprint density at radius 2 is 2.33 bits per heavy atom. The second-order valence-corrected chi connectivity index (χ2v) is 5.37. The van der Waals surface area contributed by atoms with Gasteiger partial charge < -0.3 is 0 Å². The van der Waals surface area contributed by atoms with E-state index >= 15 is 0 Å². The number of thioether (sulfide) groups is 1.